The molecule has 126 valence electrons. The van der Waals surface area contributed by atoms with Gasteiger partial charge >= 0.3 is 6.03 Å². The largest absolute Gasteiger partial charge is 0.335 e. The lowest BCUT2D eigenvalue weighted by Gasteiger charge is -2.25. The molecule has 1 aliphatic rings. The number of urea groups is 1. The number of nitrogens with one attached hydrogen (secondary N) is 1. The van der Waals surface area contributed by atoms with Crippen LogP contribution < -0.4 is 5.32 Å². The number of rotatable bonds is 4. The zero-order chi connectivity index (χ0) is 16.9. The molecule has 2 amide bonds. The highest BCUT2D eigenvalue weighted by molar-refractivity contribution is 6.30. The predicted molar refractivity (Wildman–Crippen MR) is 93.9 cm³/mol. The molecule has 1 aromatic heterocycles. The Morgan fingerprint density at radius 3 is 2.79 bits per heavy atom. The van der Waals surface area contributed by atoms with Crippen molar-refractivity contribution in [1.82, 2.24) is 20.2 Å². The summed E-state index contributed by atoms with van der Waals surface area (Å²) in [5, 5.41) is 3.90. The lowest BCUT2D eigenvalue weighted by molar-refractivity contribution is 0.201. The van der Waals surface area contributed by atoms with E-state index in [1.807, 2.05) is 12.1 Å². The van der Waals surface area contributed by atoms with Gasteiger partial charge in [-0.15, -0.1) is 0 Å². The third-order valence-corrected chi connectivity index (χ3v) is 4.74. The Morgan fingerprint density at radius 1 is 1.29 bits per heavy atom. The highest BCUT2D eigenvalue weighted by Gasteiger charge is 2.30. The second-order valence-corrected chi connectivity index (χ2v) is 6.63. The Morgan fingerprint density at radius 2 is 2.08 bits per heavy atom. The first-order valence-corrected chi connectivity index (χ1v) is 8.53. The van der Waals surface area contributed by atoms with Crippen molar-refractivity contribution in [2.45, 2.75) is 37.8 Å². The minimum Gasteiger partial charge on any atom is -0.335 e. The minimum atomic E-state index is -0.0773. The van der Waals surface area contributed by atoms with Crippen LogP contribution in [0.3, 0.4) is 0 Å². The number of benzene rings is 1. The van der Waals surface area contributed by atoms with E-state index in [1.54, 1.807) is 30.5 Å². The van der Waals surface area contributed by atoms with Crippen molar-refractivity contribution in [1.29, 1.82) is 0 Å². The Bertz CT molecular complexity index is 677. The summed E-state index contributed by atoms with van der Waals surface area (Å²) in [6.07, 6.45) is 8.13. The van der Waals surface area contributed by atoms with Gasteiger partial charge in [0.05, 0.1) is 18.4 Å². The van der Waals surface area contributed by atoms with Gasteiger partial charge in [0, 0.05) is 36.4 Å². The van der Waals surface area contributed by atoms with Crippen LogP contribution in [-0.2, 0) is 6.54 Å². The lowest BCUT2D eigenvalue weighted by Crippen LogP contribution is -2.43. The van der Waals surface area contributed by atoms with Gasteiger partial charge in [-0.1, -0.05) is 30.2 Å². The molecule has 0 radical (unpaired) electrons. The third-order valence-electron chi connectivity index (χ3n) is 4.49. The molecular weight excluding hydrogens is 324 g/mol. The summed E-state index contributed by atoms with van der Waals surface area (Å²) in [6, 6.07) is 8.01. The summed E-state index contributed by atoms with van der Waals surface area (Å²) >= 11 is 5.97. The fourth-order valence-corrected chi connectivity index (χ4v) is 3.36. The normalized spacial score (nSPS) is 19.9. The smallest absolute Gasteiger partial charge is 0.317 e. The number of halogens is 1. The maximum absolute atomic E-state index is 12.5. The summed E-state index contributed by atoms with van der Waals surface area (Å²) in [4.78, 5) is 22.4. The van der Waals surface area contributed by atoms with Crippen LogP contribution in [0.5, 0.6) is 0 Å². The van der Waals surface area contributed by atoms with Crippen LogP contribution in [0.1, 0.15) is 36.4 Å². The molecule has 5 nitrogen and oxygen atoms in total. The van der Waals surface area contributed by atoms with Gasteiger partial charge < -0.3 is 10.2 Å². The number of hydrogen-bond donors (Lipinski definition) is 1. The highest BCUT2D eigenvalue weighted by atomic mass is 35.5. The van der Waals surface area contributed by atoms with Crippen LogP contribution in [0.15, 0.2) is 42.9 Å². The minimum absolute atomic E-state index is 0.0773. The second kappa shape index (κ2) is 7.62. The van der Waals surface area contributed by atoms with E-state index in [-0.39, 0.29) is 12.1 Å². The molecule has 2 atom stereocenters. The van der Waals surface area contributed by atoms with Crippen LogP contribution >= 0.6 is 11.6 Å². The first-order valence-electron chi connectivity index (χ1n) is 8.15. The maximum atomic E-state index is 12.5. The molecule has 1 heterocycles. The standard InChI is InChI=1S/C18H21ClN4O/c1-23(12-15-11-20-9-10-21-15)18(24)22-17-4-2-3-16(17)13-5-7-14(19)8-6-13/h5-11,16-17H,2-4,12H2,1H3,(H,22,24). The van der Waals surface area contributed by atoms with E-state index >= 15 is 0 Å². The molecule has 2 aromatic rings. The summed E-state index contributed by atoms with van der Waals surface area (Å²) < 4.78 is 0. The molecule has 0 aliphatic heterocycles. The van der Waals surface area contributed by atoms with E-state index in [0.717, 1.165) is 30.0 Å². The van der Waals surface area contributed by atoms with Gasteiger partial charge in [0.1, 0.15) is 0 Å². The monoisotopic (exact) mass is 344 g/mol. The molecule has 2 unspecified atom stereocenters. The number of aromatic nitrogens is 2. The molecule has 0 saturated heterocycles. The van der Waals surface area contributed by atoms with Crippen molar-refractivity contribution in [3.63, 3.8) is 0 Å². The number of nitrogens with zero attached hydrogens (tertiary/aromatic N) is 3. The fourth-order valence-electron chi connectivity index (χ4n) is 3.24. The quantitative estimate of drug-likeness (QED) is 0.921. The SMILES string of the molecule is CN(Cc1cnccn1)C(=O)NC1CCCC1c1ccc(Cl)cc1. The summed E-state index contributed by atoms with van der Waals surface area (Å²) in [5.41, 5.74) is 2.01. The van der Waals surface area contributed by atoms with Gasteiger partial charge in [-0.25, -0.2) is 4.79 Å². The number of amides is 2. The van der Waals surface area contributed by atoms with Crippen LogP contribution in [0, 0.1) is 0 Å². The van der Waals surface area contributed by atoms with E-state index in [4.69, 9.17) is 11.6 Å². The van der Waals surface area contributed by atoms with Crippen molar-refractivity contribution in [3.8, 4) is 0 Å². The van der Waals surface area contributed by atoms with Crippen LogP contribution in [-0.4, -0.2) is 34.0 Å². The molecule has 0 spiro atoms. The van der Waals surface area contributed by atoms with Gasteiger partial charge in [-0.2, -0.15) is 0 Å². The van der Waals surface area contributed by atoms with E-state index in [2.05, 4.69) is 27.4 Å². The Kier molecular flexibility index (Phi) is 5.30. The summed E-state index contributed by atoms with van der Waals surface area (Å²) in [7, 11) is 1.77. The molecular formula is C18H21ClN4O. The molecule has 1 aliphatic carbocycles. The van der Waals surface area contributed by atoms with Gasteiger partial charge in [0.2, 0.25) is 0 Å². The molecule has 1 saturated carbocycles. The van der Waals surface area contributed by atoms with E-state index in [0.29, 0.717) is 12.5 Å². The van der Waals surface area contributed by atoms with Crippen molar-refractivity contribution in [2.24, 2.45) is 0 Å². The van der Waals surface area contributed by atoms with Crippen molar-refractivity contribution in [3.05, 3.63) is 59.1 Å². The van der Waals surface area contributed by atoms with Crippen LogP contribution in [0.2, 0.25) is 5.02 Å². The van der Waals surface area contributed by atoms with Crippen LogP contribution in [0.4, 0.5) is 4.79 Å². The van der Waals surface area contributed by atoms with Crippen molar-refractivity contribution < 1.29 is 4.79 Å². The van der Waals surface area contributed by atoms with Gasteiger partial charge in [-0.3, -0.25) is 9.97 Å². The van der Waals surface area contributed by atoms with Gasteiger partial charge in [-0.05, 0) is 30.5 Å². The number of carbonyl (C=O) groups excluding carboxylic acids is 1. The Hall–Kier alpha value is -2.14. The summed E-state index contributed by atoms with van der Waals surface area (Å²) in [6.45, 7) is 0.442. The third kappa shape index (κ3) is 4.03. The maximum Gasteiger partial charge on any atom is 0.317 e. The molecule has 1 aromatic carbocycles. The van der Waals surface area contributed by atoms with E-state index in [1.165, 1.54) is 5.56 Å². The molecule has 24 heavy (non-hydrogen) atoms. The average molecular weight is 345 g/mol. The molecule has 1 fully saturated rings. The van der Waals surface area contributed by atoms with Gasteiger partial charge in [0.15, 0.2) is 0 Å². The average Bonchev–Trinajstić information content (AvgIpc) is 3.04. The molecule has 6 heteroatoms. The first-order chi connectivity index (χ1) is 11.6. The van der Waals surface area contributed by atoms with Gasteiger partial charge in [0.25, 0.3) is 0 Å². The zero-order valence-electron chi connectivity index (χ0n) is 13.7. The molecule has 1 N–H and O–H groups in total. The van der Waals surface area contributed by atoms with E-state index in [9.17, 15) is 4.79 Å². The lowest BCUT2D eigenvalue weighted by atomic mass is 9.94. The number of carbonyl (C=O) groups is 1. The second-order valence-electron chi connectivity index (χ2n) is 6.20. The zero-order valence-corrected chi connectivity index (χ0v) is 14.4. The topological polar surface area (TPSA) is 58.1 Å². The van der Waals surface area contributed by atoms with Crippen LogP contribution in [0.25, 0.3) is 0 Å². The number of hydrogen-bond acceptors (Lipinski definition) is 3. The predicted octanol–water partition coefficient (Wildman–Crippen LogP) is 3.61. The fraction of sp³-hybridized carbons (Fsp3) is 0.389. The van der Waals surface area contributed by atoms with E-state index < -0.39 is 0 Å². The Labute approximate surface area is 147 Å². The van der Waals surface area contributed by atoms with Crippen molar-refractivity contribution in [2.75, 3.05) is 7.05 Å². The first kappa shape index (κ1) is 16.7. The Balaban J connectivity index is 1.61. The van der Waals surface area contributed by atoms with Crippen molar-refractivity contribution >= 4 is 17.6 Å². The molecule has 3 rings (SSSR count). The summed E-state index contributed by atoms with van der Waals surface area (Å²) in [5.74, 6) is 0.344. The molecule has 0 bridgehead atoms. The highest BCUT2D eigenvalue weighted by Crippen LogP contribution is 2.35.